The minimum atomic E-state index is -0.815. The number of carboxylic acid groups (broad SMARTS) is 1. The van der Waals surface area contributed by atoms with Gasteiger partial charge >= 0.3 is 5.97 Å². The lowest BCUT2D eigenvalue weighted by Crippen LogP contribution is -2.09. The molecule has 0 unspecified atom stereocenters. The number of anilines is 1. The van der Waals surface area contributed by atoms with Gasteiger partial charge in [0, 0.05) is 12.2 Å². The Bertz CT molecular complexity index is 552. The van der Waals surface area contributed by atoms with E-state index < -0.39 is 5.97 Å². The average molecular weight is 285 g/mol. The summed E-state index contributed by atoms with van der Waals surface area (Å²) in [6, 6.07) is 17.5. The number of carboxylic acids is 1. The molecule has 0 spiro atoms. The highest BCUT2D eigenvalue weighted by atomic mass is 16.5. The van der Waals surface area contributed by atoms with Crippen molar-refractivity contribution in [2.45, 2.75) is 13.0 Å². The number of hydrogen-bond donors (Lipinski definition) is 2. The summed E-state index contributed by atoms with van der Waals surface area (Å²) in [6.07, 6.45) is 0.0560. The number of carbonyl (C=O) groups is 1. The van der Waals surface area contributed by atoms with E-state index in [1.165, 1.54) is 0 Å². The first-order valence-electron chi connectivity index (χ1n) is 6.90. The molecular weight excluding hydrogens is 266 g/mol. The van der Waals surface area contributed by atoms with E-state index in [0.29, 0.717) is 19.8 Å². The summed E-state index contributed by atoms with van der Waals surface area (Å²) in [7, 11) is 0. The van der Waals surface area contributed by atoms with Gasteiger partial charge in [0.05, 0.1) is 19.6 Å². The molecule has 0 radical (unpaired) electrons. The second-order valence-corrected chi connectivity index (χ2v) is 4.73. The standard InChI is InChI=1S/C17H19NO3/c19-17(20)12-14-6-8-16(9-7-14)18-10-11-21-13-15-4-2-1-3-5-15/h1-9,18H,10-13H2,(H,19,20). The summed E-state index contributed by atoms with van der Waals surface area (Å²) in [5.74, 6) is -0.815. The molecule has 0 aliphatic carbocycles. The number of benzene rings is 2. The molecule has 0 heterocycles. The second-order valence-electron chi connectivity index (χ2n) is 4.73. The zero-order valence-corrected chi connectivity index (χ0v) is 11.8. The van der Waals surface area contributed by atoms with Crippen molar-refractivity contribution in [2.24, 2.45) is 0 Å². The summed E-state index contributed by atoms with van der Waals surface area (Å²) in [5, 5.41) is 11.9. The average Bonchev–Trinajstić information content (AvgIpc) is 2.49. The van der Waals surface area contributed by atoms with Gasteiger partial charge in [-0.2, -0.15) is 0 Å². The Morgan fingerprint density at radius 2 is 1.71 bits per heavy atom. The van der Waals surface area contributed by atoms with Crippen LogP contribution >= 0.6 is 0 Å². The van der Waals surface area contributed by atoms with Crippen molar-refractivity contribution in [1.29, 1.82) is 0 Å². The Kier molecular flexibility index (Phi) is 5.79. The van der Waals surface area contributed by atoms with Crippen LogP contribution in [0.1, 0.15) is 11.1 Å². The quantitative estimate of drug-likeness (QED) is 0.732. The van der Waals surface area contributed by atoms with Crippen molar-refractivity contribution in [3.05, 3.63) is 65.7 Å². The van der Waals surface area contributed by atoms with E-state index >= 15 is 0 Å². The Labute approximate surface area is 124 Å². The SMILES string of the molecule is O=C(O)Cc1ccc(NCCOCc2ccccc2)cc1. The van der Waals surface area contributed by atoms with Crippen molar-refractivity contribution in [3.8, 4) is 0 Å². The van der Waals surface area contributed by atoms with E-state index in [9.17, 15) is 4.79 Å². The highest BCUT2D eigenvalue weighted by Crippen LogP contribution is 2.09. The van der Waals surface area contributed by atoms with Gasteiger partial charge in [-0.25, -0.2) is 0 Å². The summed E-state index contributed by atoms with van der Waals surface area (Å²) in [5.41, 5.74) is 2.93. The van der Waals surface area contributed by atoms with Crippen LogP contribution in [0.2, 0.25) is 0 Å². The van der Waals surface area contributed by atoms with Crippen molar-refractivity contribution < 1.29 is 14.6 Å². The molecule has 110 valence electrons. The fourth-order valence-electron chi connectivity index (χ4n) is 1.95. The molecule has 2 N–H and O–H groups in total. The van der Waals surface area contributed by atoms with E-state index in [-0.39, 0.29) is 6.42 Å². The molecule has 0 aliphatic rings. The number of aliphatic carboxylic acids is 1. The summed E-state index contributed by atoms with van der Waals surface area (Å²) in [4.78, 5) is 10.6. The third-order valence-corrected chi connectivity index (χ3v) is 3.00. The Morgan fingerprint density at radius 1 is 1.00 bits per heavy atom. The largest absolute Gasteiger partial charge is 0.481 e. The number of rotatable bonds is 8. The maximum Gasteiger partial charge on any atom is 0.307 e. The third kappa shape index (κ3) is 5.67. The van der Waals surface area contributed by atoms with Crippen LogP contribution in [0.4, 0.5) is 5.69 Å². The van der Waals surface area contributed by atoms with E-state index in [0.717, 1.165) is 16.8 Å². The molecule has 2 aromatic rings. The van der Waals surface area contributed by atoms with Crippen LogP contribution in [0.15, 0.2) is 54.6 Å². The van der Waals surface area contributed by atoms with Crippen molar-refractivity contribution >= 4 is 11.7 Å². The summed E-state index contributed by atoms with van der Waals surface area (Å²) < 4.78 is 5.58. The molecule has 0 aliphatic heterocycles. The summed E-state index contributed by atoms with van der Waals surface area (Å²) in [6.45, 7) is 1.94. The number of hydrogen-bond acceptors (Lipinski definition) is 3. The van der Waals surface area contributed by atoms with Crippen LogP contribution in [-0.4, -0.2) is 24.2 Å². The molecule has 4 heteroatoms. The maximum atomic E-state index is 10.6. The highest BCUT2D eigenvalue weighted by molar-refractivity contribution is 5.70. The van der Waals surface area contributed by atoms with Gasteiger partial charge < -0.3 is 15.2 Å². The molecule has 0 bridgehead atoms. The predicted octanol–water partition coefficient (Wildman–Crippen LogP) is 2.94. The normalized spacial score (nSPS) is 10.3. The molecule has 0 saturated carbocycles. The molecule has 2 rings (SSSR count). The van der Waals surface area contributed by atoms with Crippen molar-refractivity contribution in [2.75, 3.05) is 18.5 Å². The van der Waals surface area contributed by atoms with Gasteiger partial charge in [0.1, 0.15) is 0 Å². The van der Waals surface area contributed by atoms with Crippen LogP contribution in [0.5, 0.6) is 0 Å². The van der Waals surface area contributed by atoms with E-state index in [1.807, 2.05) is 54.6 Å². The van der Waals surface area contributed by atoms with Gasteiger partial charge in [0.25, 0.3) is 0 Å². The van der Waals surface area contributed by atoms with E-state index in [4.69, 9.17) is 9.84 Å². The fourth-order valence-corrected chi connectivity index (χ4v) is 1.95. The Morgan fingerprint density at radius 3 is 2.38 bits per heavy atom. The van der Waals surface area contributed by atoms with Crippen molar-refractivity contribution in [1.82, 2.24) is 0 Å². The zero-order valence-electron chi connectivity index (χ0n) is 11.8. The first kappa shape index (κ1) is 15.1. The molecule has 21 heavy (non-hydrogen) atoms. The van der Waals surface area contributed by atoms with Crippen LogP contribution in [0, 0.1) is 0 Å². The Hall–Kier alpha value is -2.33. The predicted molar refractivity (Wildman–Crippen MR) is 82.4 cm³/mol. The first-order valence-corrected chi connectivity index (χ1v) is 6.90. The van der Waals surface area contributed by atoms with Gasteiger partial charge in [0.15, 0.2) is 0 Å². The summed E-state index contributed by atoms with van der Waals surface area (Å²) >= 11 is 0. The second kappa shape index (κ2) is 8.07. The van der Waals surface area contributed by atoms with Gasteiger partial charge in [-0.1, -0.05) is 42.5 Å². The van der Waals surface area contributed by atoms with Gasteiger partial charge in [-0.15, -0.1) is 0 Å². The smallest absolute Gasteiger partial charge is 0.307 e. The molecule has 0 fully saturated rings. The van der Waals surface area contributed by atoms with Crippen LogP contribution in [0.25, 0.3) is 0 Å². The van der Waals surface area contributed by atoms with Crippen LogP contribution in [-0.2, 0) is 22.6 Å². The molecule has 0 saturated heterocycles. The van der Waals surface area contributed by atoms with E-state index in [1.54, 1.807) is 0 Å². The minimum absolute atomic E-state index is 0.0560. The van der Waals surface area contributed by atoms with Gasteiger partial charge in [-0.05, 0) is 23.3 Å². The lowest BCUT2D eigenvalue weighted by molar-refractivity contribution is -0.136. The molecule has 4 nitrogen and oxygen atoms in total. The number of nitrogens with one attached hydrogen (secondary N) is 1. The fraction of sp³-hybridized carbons (Fsp3) is 0.235. The van der Waals surface area contributed by atoms with Gasteiger partial charge in [-0.3, -0.25) is 4.79 Å². The molecule has 0 amide bonds. The lowest BCUT2D eigenvalue weighted by atomic mass is 10.1. The number of ether oxygens (including phenoxy) is 1. The zero-order chi connectivity index (χ0) is 14.9. The molecule has 0 aromatic heterocycles. The first-order chi connectivity index (χ1) is 10.2. The van der Waals surface area contributed by atoms with E-state index in [2.05, 4.69) is 5.32 Å². The maximum absolute atomic E-state index is 10.6. The molecular formula is C17H19NO3. The third-order valence-electron chi connectivity index (χ3n) is 3.00. The Balaban J connectivity index is 1.65. The highest BCUT2D eigenvalue weighted by Gasteiger charge is 2.00. The van der Waals surface area contributed by atoms with Crippen LogP contribution in [0.3, 0.4) is 0 Å². The van der Waals surface area contributed by atoms with Crippen LogP contribution < -0.4 is 5.32 Å². The van der Waals surface area contributed by atoms with Crippen molar-refractivity contribution in [3.63, 3.8) is 0 Å². The molecule has 2 aromatic carbocycles. The lowest BCUT2D eigenvalue weighted by Gasteiger charge is -2.08. The molecule has 0 atom stereocenters. The minimum Gasteiger partial charge on any atom is -0.481 e. The van der Waals surface area contributed by atoms with Gasteiger partial charge in [0.2, 0.25) is 0 Å². The topological polar surface area (TPSA) is 58.6 Å². The monoisotopic (exact) mass is 285 g/mol.